The molecule has 2 atom stereocenters. The molecule has 0 spiro atoms. The third-order valence-electron chi connectivity index (χ3n) is 3.09. The molecule has 1 aromatic carbocycles. The zero-order chi connectivity index (χ0) is 12.8. The molecule has 0 saturated heterocycles. The van der Waals surface area contributed by atoms with Crippen LogP contribution in [0.25, 0.3) is 0 Å². The van der Waals surface area contributed by atoms with Gasteiger partial charge in [0.15, 0.2) is 0 Å². The highest BCUT2D eigenvalue weighted by Gasteiger charge is 2.30. The molecule has 2 rings (SSSR count). The predicted molar refractivity (Wildman–Crippen MR) is 76.3 cm³/mol. The SMILES string of the molecule is CCNC1c2ccccc2OCC1SCCCO. The van der Waals surface area contributed by atoms with Crippen LogP contribution in [0.4, 0.5) is 0 Å². The highest BCUT2D eigenvalue weighted by Crippen LogP contribution is 2.37. The fraction of sp³-hybridized carbons (Fsp3) is 0.571. The van der Waals surface area contributed by atoms with E-state index >= 15 is 0 Å². The van der Waals surface area contributed by atoms with E-state index in [0.717, 1.165) is 31.1 Å². The van der Waals surface area contributed by atoms with E-state index in [9.17, 15) is 0 Å². The summed E-state index contributed by atoms with van der Waals surface area (Å²) in [6.07, 6.45) is 0.849. The summed E-state index contributed by atoms with van der Waals surface area (Å²) < 4.78 is 5.82. The fourth-order valence-electron chi connectivity index (χ4n) is 2.24. The van der Waals surface area contributed by atoms with Crippen molar-refractivity contribution < 1.29 is 9.84 Å². The number of benzene rings is 1. The van der Waals surface area contributed by atoms with E-state index in [-0.39, 0.29) is 6.61 Å². The Kier molecular flexibility index (Phi) is 5.35. The monoisotopic (exact) mass is 267 g/mol. The van der Waals surface area contributed by atoms with Crippen LogP contribution in [0.5, 0.6) is 5.75 Å². The minimum absolute atomic E-state index is 0.267. The number of fused-ring (bicyclic) bond motifs is 1. The third-order valence-corrected chi connectivity index (χ3v) is 4.45. The van der Waals surface area contributed by atoms with E-state index in [4.69, 9.17) is 9.84 Å². The van der Waals surface area contributed by atoms with Gasteiger partial charge >= 0.3 is 0 Å². The van der Waals surface area contributed by atoms with Crippen LogP contribution in [0, 0.1) is 0 Å². The zero-order valence-electron chi connectivity index (χ0n) is 10.8. The summed E-state index contributed by atoms with van der Waals surface area (Å²) in [7, 11) is 0. The molecule has 0 radical (unpaired) electrons. The Labute approximate surface area is 113 Å². The number of aliphatic hydroxyl groups excluding tert-OH is 1. The van der Waals surface area contributed by atoms with Gasteiger partial charge in [-0.3, -0.25) is 0 Å². The van der Waals surface area contributed by atoms with E-state index in [1.165, 1.54) is 5.56 Å². The molecule has 3 nitrogen and oxygen atoms in total. The topological polar surface area (TPSA) is 41.5 Å². The zero-order valence-corrected chi connectivity index (χ0v) is 11.6. The standard InChI is InChI=1S/C14H21NO2S/c1-2-15-14-11-6-3-4-7-12(11)17-10-13(14)18-9-5-8-16/h3-4,6-7,13-16H,2,5,8-10H2,1H3. The number of thioether (sulfide) groups is 1. The number of ether oxygens (including phenoxy) is 1. The van der Waals surface area contributed by atoms with Crippen LogP contribution < -0.4 is 10.1 Å². The maximum Gasteiger partial charge on any atom is 0.124 e. The maximum absolute atomic E-state index is 8.86. The summed E-state index contributed by atoms with van der Waals surface area (Å²) in [4.78, 5) is 0. The summed E-state index contributed by atoms with van der Waals surface area (Å²) >= 11 is 1.89. The van der Waals surface area contributed by atoms with Gasteiger partial charge in [-0.25, -0.2) is 0 Å². The molecule has 100 valence electrons. The Hall–Kier alpha value is -0.710. The number of hydrogen-bond acceptors (Lipinski definition) is 4. The van der Waals surface area contributed by atoms with Crippen molar-refractivity contribution in [2.24, 2.45) is 0 Å². The van der Waals surface area contributed by atoms with Gasteiger partial charge in [0, 0.05) is 12.2 Å². The number of para-hydroxylation sites is 1. The van der Waals surface area contributed by atoms with Crippen molar-refractivity contribution >= 4 is 11.8 Å². The van der Waals surface area contributed by atoms with Crippen molar-refractivity contribution in [3.05, 3.63) is 29.8 Å². The summed E-state index contributed by atoms with van der Waals surface area (Å²) in [5, 5.41) is 12.8. The Balaban J connectivity index is 2.08. The normalized spacial score (nSPS) is 22.3. The molecule has 1 aliphatic rings. The minimum atomic E-state index is 0.267. The van der Waals surface area contributed by atoms with Crippen molar-refractivity contribution in [2.75, 3.05) is 25.5 Å². The Morgan fingerprint density at radius 1 is 1.44 bits per heavy atom. The van der Waals surface area contributed by atoms with Crippen molar-refractivity contribution in [3.63, 3.8) is 0 Å². The van der Waals surface area contributed by atoms with Crippen molar-refractivity contribution in [1.29, 1.82) is 0 Å². The molecule has 2 unspecified atom stereocenters. The Bertz CT molecular complexity index is 373. The molecule has 0 saturated carbocycles. The first-order valence-electron chi connectivity index (χ1n) is 6.54. The van der Waals surface area contributed by atoms with Gasteiger partial charge in [-0.15, -0.1) is 0 Å². The lowest BCUT2D eigenvalue weighted by atomic mass is 10.0. The molecule has 0 amide bonds. The van der Waals surface area contributed by atoms with E-state index < -0.39 is 0 Å². The van der Waals surface area contributed by atoms with E-state index in [1.54, 1.807) is 0 Å². The van der Waals surface area contributed by atoms with Crippen LogP contribution >= 0.6 is 11.8 Å². The summed E-state index contributed by atoms with van der Waals surface area (Å²) in [6.45, 7) is 4.09. The van der Waals surface area contributed by atoms with Gasteiger partial charge in [-0.2, -0.15) is 11.8 Å². The summed E-state index contributed by atoms with van der Waals surface area (Å²) in [5.41, 5.74) is 1.26. The molecular weight excluding hydrogens is 246 g/mol. The number of aliphatic hydroxyl groups is 1. The smallest absolute Gasteiger partial charge is 0.124 e. The molecule has 1 aliphatic heterocycles. The van der Waals surface area contributed by atoms with Crippen molar-refractivity contribution in [2.45, 2.75) is 24.6 Å². The maximum atomic E-state index is 8.86. The first-order valence-corrected chi connectivity index (χ1v) is 7.59. The average molecular weight is 267 g/mol. The predicted octanol–water partition coefficient (Wildman–Crippen LogP) is 2.21. The van der Waals surface area contributed by atoms with Gasteiger partial charge in [-0.1, -0.05) is 25.1 Å². The van der Waals surface area contributed by atoms with E-state index in [0.29, 0.717) is 11.3 Å². The molecule has 4 heteroatoms. The van der Waals surface area contributed by atoms with E-state index in [2.05, 4.69) is 24.4 Å². The quantitative estimate of drug-likeness (QED) is 0.776. The summed E-state index contributed by atoms with van der Waals surface area (Å²) in [5.74, 6) is 1.98. The molecule has 1 heterocycles. The molecule has 0 aliphatic carbocycles. The van der Waals surface area contributed by atoms with Crippen LogP contribution in [0.15, 0.2) is 24.3 Å². The van der Waals surface area contributed by atoms with Crippen molar-refractivity contribution in [1.82, 2.24) is 5.32 Å². The number of rotatable bonds is 6. The Morgan fingerprint density at radius 3 is 3.06 bits per heavy atom. The molecule has 18 heavy (non-hydrogen) atoms. The van der Waals surface area contributed by atoms with Crippen LogP contribution in [0.1, 0.15) is 24.9 Å². The van der Waals surface area contributed by atoms with Crippen LogP contribution in [-0.2, 0) is 0 Å². The second kappa shape index (κ2) is 7.02. The van der Waals surface area contributed by atoms with Gasteiger partial charge in [-0.05, 0) is 24.8 Å². The van der Waals surface area contributed by atoms with Crippen LogP contribution in [-0.4, -0.2) is 35.9 Å². The minimum Gasteiger partial charge on any atom is -0.492 e. The molecule has 0 fully saturated rings. The van der Waals surface area contributed by atoms with Gasteiger partial charge in [0.2, 0.25) is 0 Å². The molecule has 0 aromatic heterocycles. The second-order valence-electron chi connectivity index (χ2n) is 4.37. The van der Waals surface area contributed by atoms with Crippen LogP contribution in [0.3, 0.4) is 0 Å². The molecule has 0 bridgehead atoms. The lowest BCUT2D eigenvalue weighted by molar-refractivity contribution is 0.261. The second-order valence-corrected chi connectivity index (χ2v) is 5.72. The van der Waals surface area contributed by atoms with Gasteiger partial charge in [0.05, 0.1) is 11.3 Å². The number of hydrogen-bond donors (Lipinski definition) is 2. The van der Waals surface area contributed by atoms with Crippen molar-refractivity contribution in [3.8, 4) is 5.75 Å². The average Bonchev–Trinajstić information content (AvgIpc) is 2.41. The highest BCUT2D eigenvalue weighted by molar-refractivity contribution is 7.99. The van der Waals surface area contributed by atoms with Gasteiger partial charge < -0.3 is 15.2 Å². The highest BCUT2D eigenvalue weighted by atomic mass is 32.2. The Morgan fingerprint density at radius 2 is 2.28 bits per heavy atom. The fourth-order valence-corrected chi connectivity index (χ4v) is 3.44. The number of nitrogens with one attached hydrogen (secondary N) is 1. The first-order chi connectivity index (χ1) is 8.86. The summed E-state index contributed by atoms with van der Waals surface area (Å²) in [6, 6.07) is 8.60. The third kappa shape index (κ3) is 3.19. The molecular formula is C14H21NO2S. The molecule has 1 aromatic rings. The van der Waals surface area contributed by atoms with Gasteiger partial charge in [0.25, 0.3) is 0 Å². The lowest BCUT2D eigenvalue weighted by Gasteiger charge is -2.33. The largest absolute Gasteiger partial charge is 0.492 e. The lowest BCUT2D eigenvalue weighted by Crippen LogP contribution is -2.37. The first kappa shape index (κ1) is 13.7. The molecule has 2 N–H and O–H groups in total. The van der Waals surface area contributed by atoms with E-state index in [1.807, 2.05) is 23.9 Å². The van der Waals surface area contributed by atoms with Crippen LogP contribution in [0.2, 0.25) is 0 Å². The van der Waals surface area contributed by atoms with Gasteiger partial charge in [0.1, 0.15) is 12.4 Å².